The van der Waals surface area contributed by atoms with Crippen LogP contribution in [0.4, 0.5) is 0 Å². The van der Waals surface area contributed by atoms with E-state index in [9.17, 15) is 13.2 Å². The zero-order chi connectivity index (χ0) is 16.6. The summed E-state index contributed by atoms with van der Waals surface area (Å²) in [7, 11) is -3.01. The van der Waals surface area contributed by atoms with Gasteiger partial charge in [-0.1, -0.05) is 23.4 Å². The van der Waals surface area contributed by atoms with E-state index in [2.05, 4.69) is 10.3 Å². The van der Waals surface area contributed by atoms with Gasteiger partial charge in [0.2, 0.25) is 5.91 Å². The van der Waals surface area contributed by atoms with Gasteiger partial charge in [-0.2, -0.15) is 0 Å². The summed E-state index contributed by atoms with van der Waals surface area (Å²) in [5.74, 6) is -0.0829. The van der Waals surface area contributed by atoms with Gasteiger partial charge in [0, 0.05) is 17.1 Å². The minimum absolute atomic E-state index is 0.0114. The SMILES string of the molecule is C[C@@H](Sc1nc2ccc(Cl)cc2o1)C(=O)N[C@@H]1CCS(=O)(=O)C1. The minimum atomic E-state index is -3.01. The Morgan fingerprint density at radius 3 is 3.00 bits per heavy atom. The third-order valence-corrected chi connectivity index (χ3v) is 6.50. The number of carbonyl (C=O) groups is 1. The second-order valence-corrected chi connectivity index (χ2v) is 9.42. The van der Waals surface area contributed by atoms with Crippen LogP contribution in [-0.4, -0.2) is 42.1 Å². The van der Waals surface area contributed by atoms with Gasteiger partial charge in [-0.3, -0.25) is 4.79 Å². The monoisotopic (exact) mass is 374 g/mol. The van der Waals surface area contributed by atoms with E-state index in [-0.39, 0.29) is 23.5 Å². The van der Waals surface area contributed by atoms with Gasteiger partial charge < -0.3 is 9.73 Å². The first-order valence-electron chi connectivity index (χ1n) is 7.06. The third kappa shape index (κ3) is 3.99. The zero-order valence-electron chi connectivity index (χ0n) is 12.3. The molecule has 3 rings (SSSR count). The van der Waals surface area contributed by atoms with Gasteiger partial charge >= 0.3 is 0 Å². The van der Waals surface area contributed by atoms with Crippen LogP contribution >= 0.6 is 23.4 Å². The fourth-order valence-electron chi connectivity index (χ4n) is 2.36. The highest BCUT2D eigenvalue weighted by Gasteiger charge is 2.30. The average Bonchev–Trinajstić information content (AvgIpc) is 3.00. The highest BCUT2D eigenvalue weighted by molar-refractivity contribution is 8.00. The first kappa shape index (κ1) is 16.6. The second-order valence-electron chi connectivity index (χ2n) is 5.46. The summed E-state index contributed by atoms with van der Waals surface area (Å²) >= 11 is 7.08. The molecule has 0 unspecified atom stereocenters. The highest BCUT2D eigenvalue weighted by Crippen LogP contribution is 2.28. The summed E-state index contributed by atoms with van der Waals surface area (Å²) < 4.78 is 28.4. The van der Waals surface area contributed by atoms with E-state index in [1.165, 1.54) is 11.8 Å². The Morgan fingerprint density at radius 2 is 2.30 bits per heavy atom. The molecule has 1 N–H and O–H groups in total. The van der Waals surface area contributed by atoms with Gasteiger partial charge in [0.25, 0.3) is 5.22 Å². The Kier molecular flexibility index (Phi) is 4.57. The Bertz CT molecular complexity index is 850. The number of hydrogen-bond donors (Lipinski definition) is 1. The van der Waals surface area contributed by atoms with Crippen molar-refractivity contribution >= 4 is 50.2 Å². The first-order chi connectivity index (χ1) is 10.8. The fraction of sp³-hybridized carbons (Fsp3) is 0.429. The lowest BCUT2D eigenvalue weighted by atomic mass is 10.2. The number of hydrogen-bond acceptors (Lipinski definition) is 6. The van der Waals surface area contributed by atoms with Gasteiger partial charge in [-0.05, 0) is 25.5 Å². The Labute approximate surface area is 142 Å². The van der Waals surface area contributed by atoms with Gasteiger partial charge in [0.15, 0.2) is 15.4 Å². The molecule has 9 heteroatoms. The van der Waals surface area contributed by atoms with E-state index < -0.39 is 15.1 Å². The smallest absolute Gasteiger partial charge is 0.257 e. The molecule has 2 aromatic rings. The summed E-state index contributed by atoms with van der Waals surface area (Å²) in [6.45, 7) is 1.73. The molecule has 6 nitrogen and oxygen atoms in total. The van der Waals surface area contributed by atoms with Crippen LogP contribution in [0.3, 0.4) is 0 Å². The lowest BCUT2D eigenvalue weighted by Gasteiger charge is -2.14. The zero-order valence-corrected chi connectivity index (χ0v) is 14.7. The van der Waals surface area contributed by atoms with Crippen molar-refractivity contribution in [3.63, 3.8) is 0 Å². The largest absolute Gasteiger partial charge is 0.431 e. The lowest BCUT2D eigenvalue weighted by Crippen LogP contribution is -2.39. The topological polar surface area (TPSA) is 89.3 Å². The molecule has 0 aliphatic carbocycles. The number of oxazole rings is 1. The maximum absolute atomic E-state index is 12.2. The molecular formula is C14H15ClN2O4S2. The Balaban J connectivity index is 1.63. The van der Waals surface area contributed by atoms with Crippen LogP contribution in [0.1, 0.15) is 13.3 Å². The van der Waals surface area contributed by atoms with E-state index in [0.717, 1.165) is 0 Å². The maximum Gasteiger partial charge on any atom is 0.257 e. The van der Waals surface area contributed by atoms with Crippen molar-refractivity contribution in [1.29, 1.82) is 0 Å². The maximum atomic E-state index is 12.2. The van der Waals surface area contributed by atoms with Crippen LogP contribution in [0.2, 0.25) is 5.02 Å². The standard InChI is InChI=1S/C14H15ClN2O4S2/c1-8(13(18)16-10-4-5-23(19,20)7-10)22-14-17-11-3-2-9(15)6-12(11)21-14/h2-3,6,8,10H,4-5,7H2,1H3,(H,16,18)/t8-,10-/m1/s1. The fourth-order valence-corrected chi connectivity index (χ4v) is 4.96. The van der Waals surface area contributed by atoms with Crippen molar-refractivity contribution in [3.8, 4) is 0 Å². The minimum Gasteiger partial charge on any atom is -0.431 e. The van der Waals surface area contributed by atoms with Crippen molar-refractivity contribution < 1.29 is 17.6 Å². The summed E-state index contributed by atoms with van der Waals surface area (Å²) in [6.07, 6.45) is 0.465. The molecule has 1 aromatic heterocycles. The molecule has 1 saturated heterocycles. The molecule has 1 aliphatic rings. The van der Waals surface area contributed by atoms with E-state index in [4.69, 9.17) is 16.0 Å². The molecule has 0 saturated carbocycles. The number of aromatic nitrogens is 1. The molecular weight excluding hydrogens is 360 g/mol. The van der Waals surface area contributed by atoms with Crippen molar-refractivity contribution in [2.45, 2.75) is 29.9 Å². The van der Waals surface area contributed by atoms with Crippen LogP contribution in [-0.2, 0) is 14.6 Å². The quantitative estimate of drug-likeness (QED) is 0.826. The highest BCUT2D eigenvalue weighted by atomic mass is 35.5. The lowest BCUT2D eigenvalue weighted by molar-refractivity contribution is -0.120. The number of rotatable bonds is 4. The van der Waals surface area contributed by atoms with E-state index in [1.54, 1.807) is 25.1 Å². The molecule has 2 atom stereocenters. The molecule has 0 radical (unpaired) electrons. The average molecular weight is 375 g/mol. The number of amides is 1. The first-order valence-corrected chi connectivity index (χ1v) is 10.1. The third-order valence-electron chi connectivity index (χ3n) is 3.56. The number of nitrogens with one attached hydrogen (secondary N) is 1. The summed E-state index contributed by atoms with van der Waals surface area (Å²) in [4.78, 5) is 16.5. The summed E-state index contributed by atoms with van der Waals surface area (Å²) in [6, 6.07) is 4.83. The molecule has 2 heterocycles. The van der Waals surface area contributed by atoms with Gasteiger partial charge in [-0.15, -0.1) is 0 Å². The van der Waals surface area contributed by atoms with Crippen molar-refractivity contribution in [2.24, 2.45) is 0 Å². The predicted octanol–water partition coefficient (Wildman–Crippen LogP) is 2.27. The molecule has 1 amide bonds. The normalized spacial score (nSPS) is 21.4. The molecule has 124 valence electrons. The Morgan fingerprint density at radius 1 is 1.52 bits per heavy atom. The van der Waals surface area contributed by atoms with E-state index in [0.29, 0.717) is 27.8 Å². The number of nitrogens with zero attached hydrogens (tertiary/aromatic N) is 1. The van der Waals surface area contributed by atoms with Crippen LogP contribution in [0.25, 0.3) is 11.1 Å². The van der Waals surface area contributed by atoms with Gasteiger partial charge in [-0.25, -0.2) is 13.4 Å². The molecule has 1 aliphatic heterocycles. The molecule has 1 aromatic carbocycles. The van der Waals surface area contributed by atoms with E-state index in [1.807, 2.05) is 0 Å². The van der Waals surface area contributed by atoms with Crippen LogP contribution < -0.4 is 5.32 Å². The summed E-state index contributed by atoms with van der Waals surface area (Å²) in [5.41, 5.74) is 1.24. The van der Waals surface area contributed by atoms with Crippen molar-refractivity contribution in [1.82, 2.24) is 10.3 Å². The molecule has 0 bridgehead atoms. The number of thioether (sulfide) groups is 1. The summed E-state index contributed by atoms with van der Waals surface area (Å²) in [5, 5.41) is 3.26. The second kappa shape index (κ2) is 6.33. The number of sulfone groups is 1. The predicted molar refractivity (Wildman–Crippen MR) is 89.5 cm³/mol. The van der Waals surface area contributed by atoms with Gasteiger partial charge in [0.1, 0.15) is 5.52 Å². The number of benzene rings is 1. The van der Waals surface area contributed by atoms with Crippen LogP contribution in [0, 0.1) is 0 Å². The number of fused-ring (bicyclic) bond motifs is 1. The molecule has 1 fully saturated rings. The number of carbonyl (C=O) groups excluding carboxylic acids is 1. The number of halogens is 1. The van der Waals surface area contributed by atoms with E-state index >= 15 is 0 Å². The molecule has 23 heavy (non-hydrogen) atoms. The Hall–Kier alpha value is -1.25. The van der Waals surface area contributed by atoms with Crippen LogP contribution in [0.5, 0.6) is 0 Å². The molecule has 0 spiro atoms. The van der Waals surface area contributed by atoms with Crippen LogP contribution in [0.15, 0.2) is 27.8 Å². The van der Waals surface area contributed by atoms with Crippen molar-refractivity contribution in [2.75, 3.05) is 11.5 Å². The van der Waals surface area contributed by atoms with Gasteiger partial charge in [0.05, 0.1) is 16.8 Å². The van der Waals surface area contributed by atoms with Crippen molar-refractivity contribution in [3.05, 3.63) is 23.2 Å².